The van der Waals surface area contributed by atoms with Gasteiger partial charge in [-0.1, -0.05) is 73.6 Å². The molecule has 41 heavy (non-hydrogen) atoms. The predicted octanol–water partition coefficient (Wildman–Crippen LogP) is 5.00. The molecule has 8 nitrogen and oxygen atoms in total. The molecule has 0 spiro atoms. The number of likely N-dealkylation sites (tertiary alicyclic amines) is 1. The van der Waals surface area contributed by atoms with Crippen LogP contribution in [0.4, 0.5) is 0 Å². The van der Waals surface area contributed by atoms with E-state index < -0.39 is 0 Å². The highest BCUT2D eigenvalue weighted by atomic mass is 16.6. The van der Waals surface area contributed by atoms with Gasteiger partial charge in [0.05, 0.1) is 19.4 Å². The van der Waals surface area contributed by atoms with E-state index in [4.69, 9.17) is 9.57 Å². The number of carbonyl (C=O) groups is 2. The molecule has 1 atom stereocenters. The number of likely N-dealkylation sites (N-methyl/N-ethyl adjacent to an activating group) is 1. The zero-order valence-electron chi connectivity index (χ0n) is 24.2. The van der Waals surface area contributed by atoms with Gasteiger partial charge >= 0.3 is 0 Å². The van der Waals surface area contributed by atoms with Crippen molar-refractivity contribution in [2.75, 3.05) is 39.8 Å². The van der Waals surface area contributed by atoms with E-state index in [1.165, 1.54) is 0 Å². The van der Waals surface area contributed by atoms with Gasteiger partial charge in [-0.25, -0.2) is 0 Å². The second kappa shape index (κ2) is 15.0. The Morgan fingerprint density at radius 1 is 0.951 bits per heavy atom. The number of nitrogens with zero attached hydrogens (tertiary/aromatic N) is 3. The zero-order valence-corrected chi connectivity index (χ0v) is 24.2. The Morgan fingerprint density at radius 2 is 1.63 bits per heavy atom. The Morgan fingerprint density at radius 3 is 2.29 bits per heavy atom. The standard InChI is InChI=1S/C33H40N4O4/c1-4-36(5-2)20-19-34-32(38)22-30-21-29(35-41-24-25-11-17-31(40-3)18-12-25)23-37(30)33(39)28-15-13-27(14-16-28)26-9-7-6-8-10-26/h6-18,30H,4-5,19-24H2,1-3H3,(H,34,38)/t30-/m0/s1. The molecule has 216 valence electrons. The number of hydrogen-bond donors (Lipinski definition) is 1. The SMILES string of the molecule is CCN(CC)CCNC(=O)C[C@@H]1CC(=NOCc2ccc(OC)cc2)CN1C(=O)c1ccc(-c2ccccc2)cc1. The molecule has 1 N–H and O–H groups in total. The number of methoxy groups -OCH3 is 1. The van der Waals surface area contributed by atoms with Crippen LogP contribution in [0.15, 0.2) is 84.0 Å². The first-order valence-electron chi connectivity index (χ1n) is 14.3. The number of amides is 2. The van der Waals surface area contributed by atoms with Gasteiger partial charge in [0.1, 0.15) is 12.4 Å². The Kier molecular flexibility index (Phi) is 10.9. The summed E-state index contributed by atoms with van der Waals surface area (Å²) in [5.41, 5.74) is 4.42. The van der Waals surface area contributed by atoms with E-state index in [0.717, 1.165) is 47.8 Å². The van der Waals surface area contributed by atoms with Crippen molar-refractivity contribution in [2.45, 2.75) is 39.3 Å². The number of nitrogens with one attached hydrogen (secondary N) is 1. The minimum atomic E-state index is -0.298. The van der Waals surface area contributed by atoms with Crippen LogP contribution < -0.4 is 10.1 Å². The van der Waals surface area contributed by atoms with E-state index in [9.17, 15) is 9.59 Å². The first-order chi connectivity index (χ1) is 20.0. The molecule has 4 rings (SSSR count). The van der Waals surface area contributed by atoms with E-state index in [1.807, 2.05) is 78.9 Å². The molecule has 0 aromatic heterocycles. The van der Waals surface area contributed by atoms with Crippen LogP contribution >= 0.6 is 0 Å². The topological polar surface area (TPSA) is 83.5 Å². The summed E-state index contributed by atoms with van der Waals surface area (Å²) in [5, 5.41) is 7.38. The summed E-state index contributed by atoms with van der Waals surface area (Å²) < 4.78 is 5.20. The lowest BCUT2D eigenvalue weighted by molar-refractivity contribution is -0.121. The molecule has 2 amide bonds. The van der Waals surface area contributed by atoms with Crippen molar-refractivity contribution >= 4 is 17.5 Å². The van der Waals surface area contributed by atoms with Crippen LogP contribution in [0.25, 0.3) is 11.1 Å². The Balaban J connectivity index is 1.43. The van der Waals surface area contributed by atoms with Gasteiger partial charge < -0.3 is 24.7 Å². The van der Waals surface area contributed by atoms with Crippen LogP contribution in [-0.2, 0) is 16.2 Å². The second-order valence-electron chi connectivity index (χ2n) is 10.1. The average Bonchev–Trinajstić information content (AvgIpc) is 3.41. The van der Waals surface area contributed by atoms with Gasteiger partial charge in [-0.3, -0.25) is 9.59 Å². The summed E-state index contributed by atoms with van der Waals surface area (Å²) in [6.45, 7) is 8.10. The van der Waals surface area contributed by atoms with E-state index in [2.05, 4.69) is 29.2 Å². The fourth-order valence-corrected chi connectivity index (χ4v) is 4.96. The third-order valence-electron chi connectivity index (χ3n) is 7.41. The van der Waals surface area contributed by atoms with Gasteiger partial charge in [0, 0.05) is 37.5 Å². The summed E-state index contributed by atoms with van der Waals surface area (Å²) in [6.07, 6.45) is 0.698. The van der Waals surface area contributed by atoms with Crippen molar-refractivity contribution in [3.63, 3.8) is 0 Å². The van der Waals surface area contributed by atoms with E-state index in [1.54, 1.807) is 12.0 Å². The summed E-state index contributed by atoms with van der Waals surface area (Å²) in [7, 11) is 1.63. The molecule has 1 heterocycles. The first-order valence-corrected chi connectivity index (χ1v) is 14.3. The van der Waals surface area contributed by atoms with E-state index in [-0.39, 0.29) is 24.3 Å². The molecule has 3 aromatic rings. The summed E-state index contributed by atoms with van der Waals surface area (Å²) >= 11 is 0. The molecule has 1 saturated heterocycles. The Hall–Kier alpha value is -4.17. The quantitative estimate of drug-likeness (QED) is 0.300. The third-order valence-corrected chi connectivity index (χ3v) is 7.41. The number of carbonyl (C=O) groups excluding carboxylic acids is 2. The number of hydrogen-bond acceptors (Lipinski definition) is 6. The van der Waals surface area contributed by atoms with Crippen LogP contribution in [0.1, 0.15) is 42.6 Å². The lowest BCUT2D eigenvalue weighted by Gasteiger charge is -2.24. The van der Waals surface area contributed by atoms with Crippen LogP contribution in [-0.4, -0.2) is 73.2 Å². The minimum absolute atomic E-state index is 0.0696. The minimum Gasteiger partial charge on any atom is -0.497 e. The smallest absolute Gasteiger partial charge is 0.254 e. The summed E-state index contributed by atoms with van der Waals surface area (Å²) in [5.74, 6) is 0.589. The first kappa shape index (κ1) is 29.8. The fraction of sp³-hybridized carbons (Fsp3) is 0.364. The van der Waals surface area contributed by atoms with Crippen molar-refractivity contribution in [2.24, 2.45) is 5.16 Å². The molecule has 1 fully saturated rings. The van der Waals surface area contributed by atoms with Crippen molar-refractivity contribution < 1.29 is 19.2 Å². The Bertz CT molecular complexity index is 1290. The van der Waals surface area contributed by atoms with Gasteiger partial charge in [0.2, 0.25) is 5.91 Å². The highest BCUT2D eigenvalue weighted by Gasteiger charge is 2.35. The van der Waals surface area contributed by atoms with Gasteiger partial charge in [-0.15, -0.1) is 0 Å². The van der Waals surface area contributed by atoms with Gasteiger partial charge in [0.15, 0.2) is 0 Å². The van der Waals surface area contributed by atoms with Crippen LogP contribution in [0.5, 0.6) is 5.75 Å². The molecule has 0 radical (unpaired) electrons. The Labute approximate surface area is 242 Å². The molecule has 0 saturated carbocycles. The van der Waals surface area contributed by atoms with Gasteiger partial charge in [-0.05, 0) is 54.0 Å². The highest BCUT2D eigenvalue weighted by molar-refractivity contribution is 6.01. The highest BCUT2D eigenvalue weighted by Crippen LogP contribution is 2.24. The maximum Gasteiger partial charge on any atom is 0.254 e. The molecule has 0 unspecified atom stereocenters. The maximum absolute atomic E-state index is 13.6. The average molecular weight is 557 g/mol. The molecule has 1 aliphatic heterocycles. The number of benzene rings is 3. The normalized spacial score (nSPS) is 15.8. The molecular formula is C33H40N4O4. The summed E-state index contributed by atoms with van der Waals surface area (Å²) in [4.78, 5) is 36.2. The molecule has 0 aliphatic carbocycles. The summed E-state index contributed by atoms with van der Waals surface area (Å²) in [6, 6.07) is 25.0. The van der Waals surface area contributed by atoms with Crippen molar-refractivity contribution in [1.82, 2.24) is 15.1 Å². The molecule has 1 aliphatic rings. The number of oxime groups is 1. The van der Waals surface area contributed by atoms with Gasteiger partial charge in [0.25, 0.3) is 5.91 Å². The monoisotopic (exact) mass is 556 g/mol. The molecule has 0 bridgehead atoms. The predicted molar refractivity (Wildman–Crippen MR) is 162 cm³/mol. The lowest BCUT2D eigenvalue weighted by Crippen LogP contribution is -2.40. The number of ether oxygens (including phenoxy) is 1. The van der Waals surface area contributed by atoms with Crippen LogP contribution in [0.2, 0.25) is 0 Å². The second-order valence-corrected chi connectivity index (χ2v) is 10.1. The van der Waals surface area contributed by atoms with Crippen molar-refractivity contribution in [1.29, 1.82) is 0 Å². The molecule has 8 heteroatoms. The van der Waals surface area contributed by atoms with Crippen molar-refractivity contribution in [3.05, 3.63) is 90.0 Å². The molecule has 3 aromatic carbocycles. The zero-order chi connectivity index (χ0) is 29.0. The van der Waals surface area contributed by atoms with Gasteiger partial charge in [-0.2, -0.15) is 0 Å². The van der Waals surface area contributed by atoms with Crippen LogP contribution in [0.3, 0.4) is 0 Å². The van der Waals surface area contributed by atoms with Crippen molar-refractivity contribution in [3.8, 4) is 16.9 Å². The van der Waals surface area contributed by atoms with E-state index in [0.29, 0.717) is 31.7 Å². The lowest BCUT2D eigenvalue weighted by atomic mass is 10.0. The third kappa shape index (κ3) is 8.41. The number of rotatable bonds is 13. The van der Waals surface area contributed by atoms with Crippen LogP contribution in [0, 0.1) is 0 Å². The molecular weight excluding hydrogens is 516 g/mol. The maximum atomic E-state index is 13.6. The largest absolute Gasteiger partial charge is 0.497 e. The van der Waals surface area contributed by atoms with E-state index >= 15 is 0 Å². The fourth-order valence-electron chi connectivity index (χ4n) is 4.96.